The molecule has 17 heavy (non-hydrogen) atoms. The third-order valence-corrected chi connectivity index (χ3v) is 4.67. The van der Waals surface area contributed by atoms with Crippen LogP contribution in [-0.4, -0.2) is 41.5 Å². The van der Waals surface area contributed by atoms with Crippen molar-refractivity contribution in [2.45, 2.75) is 62.6 Å². The number of rotatable bonds is 4. The zero-order valence-corrected chi connectivity index (χ0v) is 10.5. The van der Waals surface area contributed by atoms with Crippen molar-refractivity contribution in [3.63, 3.8) is 0 Å². The Morgan fingerprint density at radius 1 is 1.24 bits per heavy atom. The smallest absolute Gasteiger partial charge is 0.237 e. The summed E-state index contributed by atoms with van der Waals surface area (Å²) >= 11 is 0. The van der Waals surface area contributed by atoms with E-state index in [-0.39, 0.29) is 5.91 Å². The fourth-order valence-electron chi connectivity index (χ4n) is 3.48. The lowest BCUT2D eigenvalue weighted by molar-refractivity contribution is -0.124. The number of carbonyl (C=O) groups excluding carboxylic acids is 1. The van der Waals surface area contributed by atoms with Gasteiger partial charge in [-0.1, -0.05) is 0 Å². The fourth-order valence-corrected chi connectivity index (χ4v) is 3.48. The molecule has 1 saturated heterocycles. The van der Waals surface area contributed by atoms with Crippen LogP contribution in [0.5, 0.6) is 0 Å². The number of primary amides is 1. The van der Waals surface area contributed by atoms with Crippen LogP contribution in [0.2, 0.25) is 0 Å². The van der Waals surface area contributed by atoms with Gasteiger partial charge in [-0.25, -0.2) is 0 Å². The Kier molecular flexibility index (Phi) is 2.87. The molecule has 0 aromatic rings. The van der Waals surface area contributed by atoms with E-state index in [2.05, 4.69) is 10.2 Å². The molecule has 4 nitrogen and oxygen atoms in total. The number of amides is 1. The van der Waals surface area contributed by atoms with Gasteiger partial charge in [-0.3, -0.25) is 4.79 Å². The molecule has 0 radical (unpaired) electrons. The first-order valence-electron chi connectivity index (χ1n) is 7.01. The van der Waals surface area contributed by atoms with Gasteiger partial charge in [-0.2, -0.15) is 0 Å². The predicted octanol–water partition coefficient (Wildman–Crippen LogP) is 0.611. The molecule has 3 fully saturated rings. The van der Waals surface area contributed by atoms with Crippen molar-refractivity contribution >= 4 is 5.91 Å². The Labute approximate surface area is 103 Å². The van der Waals surface area contributed by atoms with E-state index in [1.54, 1.807) is 0 Å². The van der Waals surface area contributed by atoms with Crippen LogP contribution in [0.1, 0.15) is 44.9 Å². The summed E-state index contributed by atoms with van der Waals surface area (Å²) in [7, 11) is 0. The average Bonchev–Trinajstić information content (AvgIpc) is 2.83. The van der Waals surface area contributed by atoms with Gasteiger partial charge in [0.15, 0.2) is 0 Å². The third-order valence-electron chi connectivity index (χ3n) is 4.67. The summed E-state index contributed by atoms with van der Waals surface area (Å²) in [4.78, 5) is 14.3. The number of carbonyl (C=O) groups is 1. The molecule has 96 valence electrons. The first-order chi connectivity index (χ1) is 8.20. The van der Waals surface area contributed by atoms with Gasteiger partial charge in [0.25, 0.3) is 0 Å². The summed E-state index contributed by atoms with van der Waals surface area (Å²) in [6.07, 6.45) is 8.04. The summed E-state index contributed by atoms with van der Waals surface area (Å²) in [6.45, 7) is 2.42. The van der Waals surface area contributed by atoms with E-state index in [0.717, 1.165) is 19.3 Å². The molecule has 3 rings (SSSR count). The topological polar surface area (TPSA) is 58.4 Å². The molecule has 0 spiro atoms. The van der Waals surface area contributed by atoms with Gasteiger partial charge in [0.2, 0.25) is 5.91 Å². The maximum atomic E-state index is 11.8. The molecular formula is C13H23N3O. The van der Waals surface area contributed by atoms with Crippen LogP contribution in [0.15, 0.2) is 0 Å². The lowest BCUT2D eigenvalue weighted by Crippen LogP contribution is -2.55. The number of nitrogens with one attached hydrogen (secondary N) is 1. The van der Waals surface area contributed by atoms with Gasteiger partial charge in [-0.15, -0.1) is 0 Å². The van der Waals surface area contributed by atoms with Crippen molar-refractivity contribution in [3.05, 3.63) is 0 Å². The highest BCUT2D eigenvalue weighted by atomic mass is 16.1. The van der Waals surface area contributed by atoms with E-state index in [4.69, 9.17) is 5.73 Å². The summed E-state index contributed by atoms with van der Waals surface area (Å²) in [5.74, 6) is -0.133. The van der Waals surface area contributed by atoms with Gasteiger partial charge in [-0.05, 0) is 58.0 Å². The van der Waals surface area contributed by atoms with Crippen LogP contribution in [0.25, 0.3) is 0 Å². The first kappa shape index (κ1) is 11.5. The Hall–Kier alpha value is -0.610. The normalized spacial score (nSPS) is 38.7. The summed E-state index contributed by atoms with van der Waals surface area (Å²) in [5.41, 5.74) is 5.26. The molecule has 0 aromatic heterocycles. The van der Waals surface area contributed by atoms with Crippen molar-refractivity contribution < 1.29 is 4.79 Å². The van der Waals surface area contributed by atoms with Gasteiger partial charge >= 0.3 is 0 Å². The molecule has 4 heteroatoms. The summed E-state index contributed by atoms with van der Waals surface area (Å²) in [5, 5.41) is 3.52. The van der Waals surface area contributed by atoms with E-state index in [0.29, 0.717) is 12.1 Å². The SMILES string of the molecule is NC(=O)C1(NC2CC2)CCC(N2CCCC2)C1. The van der Waals surface area contributed by atoms with Crippen molar-refractivity contribution in [2.24, 2.45) is 5.73 Å². The quantitative estimate of drug-likeness (QED) is 0.753. The van der Waals surface area contributed by atoms with Crippen LogP contribution in [0, 0.1) is 0 Å². The van der Waals surface area contributed by atoms with E-state index in [1.807, 2.05) is 0 Å². The Balaban J connectivity index is 1.67. The van der Waals surface area contributed by atoms with Gasteiger partial charge in [0.05, 0.1) is 5.54 Å². The number of hydrogen-bond donors (Lipinski definition) is 2. The first-order valence-corrected chi connectivity index (χ1v) is 7.01. The van der Waals surface area contributed by atoms with E-state index in [1.165, 1.54) is 38.8 Å². The largest absolute Gasteiger partial charge is 0.368 e. The van der Waals surface area contributed by atoms with E-state index in [9.17, 15) is 4.79 Å². The average molecular weight is 237 g/mol. The monoisotopic (exact) mass is 237 g/mol. The Morgan fingerprint density at radius 2 is 1.94 bits per heavy atom. The highest BCUT2D eigenvalue weighted by Gasteiger charge is 2.48. The van der Waals surface area contributed by atoms with Gasteiger partial charge in [0.1, 0.15) is 0 Å². The molecule has 2 saturated carbocycles. The maximum Gasteiger partial charge on any atom is 0.237 e. The Bertz CT molecular complexity index is 310. The molecule has 3 N–H and O–H groups in total. The summed E-state index contributed by atoms with van der Waals surface area (Å²) in [6, 6.07) is 1.14. The zero-order chi connectivity index (χ0) is 11.9. The number of likely N-dealkylation sites (tertiary alicyclic amines) is 1. The second-order valence-electron chi connectivity index (χ2n) is 6.00. The van der Waals surface area contributed by atoms with Crippen molar-refractivity contribution in [1.29, 1.82) is 0 Å². The molecule has 2 atom stereocenters. The van der Waals surface area contributed by atoms with Crippen molar-refractivity contribution in [3.8, 4) is 0 Å². The molecule has 1 aliphatic heterocycles. The van der Waals surface area contributed by atoms with Crippen LogP contribution in [-0.2, 0) is 4.79 Å². The molecule has 0 bridgehead atoms. The molecule has 2 aliphatic carbocycles. The third kappa shape index (κ3) is 2.20. The minimum Gasteiger partial charge on any atom is -0.368 e. The minimum atomic E-state index is -0.394. The van der Waals surface area contributed by atoms with Gasteiger partial charge < -0.3 is 16.0 Å². The minimum absolute atomic E-state index is 0.133. The Morgan fingerprint density at radius 3 is 2.53 bits per heavy atom. The van der Waals surface area contributed by atoms with Crippen molar-refractivity contribution in [2.75, 3.05) is 13.1 Å². The molecular weight excluding hydrogens is 214 g/mol. The predicted molar refractivity (Wildman–Crippen MR) is 66.5 cm³/mol. The van der Waals surface area contributed by atoms with Gasteiger partial charge in [0, 0.05) is 12.1 Å². The lowest BCUT2D eigenvalue weighted by atomic mass is 9.96. The number of hydrogen-bond acceptors (Lipinski definition) is 3. The molecule has 1 heterocycles. The molecule has 1 amide bonds. The highest BCUT2D eigenvalue weighted by molar-refractivity contribution is 5.85. The van der Waals surface area contributed by atoms with Crippen LogP contribution in [0.4, 0.5) is 0 Å². The standard InChI is InChI=1S/C13H23N3O/c14-12(17)13(15-10-3-4-10)6-5-11(9-13)16-7-1-2-8-16/h10-11,15H,1-9H2,(H2,14,17). The summed E-state index contributed by atoms with van der Waals surface area (Å²) < 4.78 is 0. The van der Waals surface area contributed by atoms with Crippen LogP contribution < -0.4 is 11.1 Å². The second kappa shape index (κ2) is 4.25. The number of nitrogens with zero attached hydrogens (tertiary/aromatic N) is 1. The zero-order valence-electron chi connectivity index (χ0n) is 10.5. The van der Waals surface area contributed by atoms with Crippen molar-refractivity contribution in [1.82, 2.24) is 10.2 Å². The molecule has 2 unspecified atom stereocenters. The van der Waals surface area contributed by atoms with E-state index >= 15 is 0 Å². The molecule has 3 aliphatic rings. The van der Waals surface area contributed by atoms with Crippen LogP contribution in [0.3, 0.4) is 0 Å². The lowest BCUT2D eigenvalue weighted by Gasteiger charge is -2.29. The van der Waals surface area contributed by atoms with E-state index < -0.39 is 5.54 Å². The fraction of sp³-hybridized carbons (Fsp3) is 0.923. The molecule has 0 aromatic carbocycles. The second-order valence-corrected chi connectivity index (χ2v) is 6.00. The van der Waals surface area contributed by atoms with Crippen LogP contribution >= 0.6 is 0 Å². The number of nitrogens with two attached hydrogens (primary N) is 1. The maximum absolute atomic E-state index is 11.8. The highest BCUT2D eigenvalue weighted by Crippen LogP contribution is 2.37.